The molecule has 1 N–H and O–H groups in total. The van der Waals surface area contributed by atoms with Gasteiger partial charge in [0.15, 0.2) is 5.17 Å². The lowest BCUT2D eigenvalue weighted by Crippen LogP contribution is -2.07. The number of nitrogens with one attached hydrogen (secondary N) is 1. The first-order valence-corrected chi connectivity index (χ1v) is 5.89. The zero-order valence-electron chi connectivity index (χ0n) is 7.84. The number of halogens is 2. The molecule has 0 atom stereocenters. The maximum Gasteiger partial charge on any atom is 0.160 e. The molecule has 0 fully saturated rings. The zero-order chi connectivity index (χ0) is 10.6. The highest BCUT2D eigenvalue weighted by Gasteiger charge is 2.06. The second-order valence-electron chi connectivity index (χ2n) is 2.45. The van der Waals surface area contributed by atoms with Crippen molar-refractivity contribution in [3.8, 4) is 0 Å². The van der Waals surface area contributed by atoms with Crippen LogP contribution in [0.1, 0.15) is 0 Å². The fraction of sp³-hybridized carbons (Fsp3) is 0.222. The molecule has 0 bridgehead atoms. The van der Waals surface area contributed by atoms with Crippen molar-refractivity contribution in [2.45, 2.75) is 0 Å². The van der Waals surface area contributed by atoms with Crippen molar-refractivity contribution in [2.24, 2.45) is 4.99 Å². The van der Waals surface area contributed by atoms with Gasteiger partial charge in [-0.1, -0.05) is 41.0 Å². The molecule has 0 saturated heterocycles. The van der Waals surface area contributed by atoms with Gasteiger partial charge in [0.05, 0.1) is 15.7 Å². The molecule has 0 aliphatic heterocycles. The lowest BCUT2D eigenvalue weighted by molar-refractivity contribution is 1.45. The highest BCUT2D eigenvalue weighted by Crippen LogP contribution is 2.30. The maximum atomic E-state index is 5.98. The minimum Gasteiger partial charge on any atom is -0.333 e. The molecular formula is C9H10Cl2N2S. The van der Waals surface area contributed by atoms with Crippen LogP contribution in [0.2, 0.25) is 10.0 Å². The van der Waals surface area contributed by atoms with Gasteiger partial charge >= 0.3 is 0 Å². The van der Waals surface area contributed by atoms with Crippen molar-refractivity contribution in [2.75, 3.05) is 18.6 Å². The van der Waals surface area contributed by atoms with Gasteiger partial charge in [-0.3, -0.25) is 4.99 Å². The van der Waals surface area contributed by atoms with Crippen molar-refractivity contribution in [3.05, 3.63) is 28.2 Å². The molecule has 5 heteroatoms. The SMILES string of the molecule is C/N=C(/Nc1c(Cl)cccc1Cl)SC. The Kier molecular flexibility index (Phi) is 4.58. The quantitative estimate of drug-likeness (QED) is 0.605. The average molecular weight is 249 g/mol. The summed E-state index contributed by atoms with van der Waals surface area (Å²) in [6.45, 7) is 0. The first kappa shape index (κ1) is 11.7. The summed E-state index contributed by atoms with van der Waals surface area (Å²) in [4.78, 5) is 4.04. The molecule has 0 radical (unpaired) electrons. The molecule has 0 aliphatic rings. The Bertz CT molecular complexity index is 332. The number of thioether (sulfide) groups is 1. The van der Waals surface area contributed by atoms with Crippen molar-refractivity contribution >= 4 is 45.8 Å². The largest absolute Gasteiger partial charge is 0.333 e. The van der Waals surface area contributed by atoms with E-state index >= 15 is 0 Å². The van der Waals surface area contributed by atoms with Gasteiger partial charge in [-0.2, -0.15) is 0 Å². The number of hydrogen-bond acceptors (Lipinski definition) is 2. The predicted molar refractivity (Wildman–Crippen MR) is 67.0 cm³/mol. The molecule has 0 aliphatic carbocycles. The summed E-state index contributed by atoms with van der Waals surface area (Å²) >= 11 is 13.5. The molecular weight excluding hydrogens is 239 g/mol. The molecule has 14 heavy (non-hydrogen) atoms. The molecule has 76 valence electrons. The summed E-state index contributed by atoms with van der Waals surface area (Å²) < 4.78 is 0. The minimum atomic E-state index is 0.590. The van der Waals surface area contributed by atoms with Crippen LogP contribution in [-0.2, 0) is 0 Å². The number of hydrogen-bond donors (Lipinski definition) is 1. The third kappa shape index (κ3) is 2.80. The Morgan fingerprint density at radius 3 is 2.36 bits per heavy atom. The zero-order valence-corrected chi connectivity index (χ0v) is 10.2. The Morgan fingerprint density at radius 2 is 1.93 bits per heavy atom. The van der Waals surface area contributed by atoms with Crippen LogP contribution < -0.4 is 5.32 Å². The van der Waals surface area contributed by atoms with E-state index in [0.29, 0.717) is 15.7 Å². The van der Waals surface area contributed by atoms with E-state index in [0.717, 1.165) is 5.17 Å². The highest BCUT2D eigenvalue weighted by molar-refractivity contribution is 8.13. The van der Waals surface area contributed by atoms with Crippen LogP contribution in [0.3, 0.4) is 0 Å². The molecule has 0 unspecified atom stereocenters. The number of amidine groups is 1. The third-order valence-corrected chi connectivity index (χ3v) is 2.89. The number of benzene rings is 1. The highest BCUT2D eigenvalue weighted by atomic mass is 35.5. The topological polar surface area (TPSA) is 24.4 Å². The van der Waals surface area contributed by atoms with E-state index in [1.165, 1.54) is 11.8 Å². The van der Waals surface area contributed by atoms with Crippen LogP contribution in [0.4, 0.5) is 5.69 Å². The smallest absolute Gasteiger partial charge is 0.160 e. The molecule has 1 rings (SSSR count). The van der Waals surface area contributed by atoms with Gasteiger partial charge in [-0.05, 0) is 18.4 Å². The molecule has 0 saturated carbocycles. The van der Waals surface area contributed by atoms with E-state index in [-0.39, 0.29) is 0 Å². The molecule has 0 heterocycles. The van der Waals surface area contributed by atoms with Crippen molar-refractivity contribution in [1.82, 2.24) is 0 Å². The minimum absolute atomic E-state index is 0.590. The van der Waals surface area contributed by atoms with Gasteiger partial charge in [0.1, 0.15) is 0 Å². The molecule has 2 nitrogen and oxygen atoms in total. The van der Waals surface area contributed by atoms with Crippen molar-refractivity contribution in [3.63, 3.8) is 0 Å². The van der Waals surface area contributed by atoms with Gasteiger partial charge in [0.25, 0.3) is 0 Å². The molecule has 0 spiro atoms. The monoisotopic (exact) mass is 248 g/mol. The Hall–Kier alpha value is -0.380. The van der Waals surface area contributed by atoms with E-state index in [9.17, 15) is 0 Å². The lowest BCUT2D eigenvalue weighted by atomic mass is 10.3. The summed E-state index contributed by atoms with van der Waals surface area (Å²) in [7, 11) is 1.71. The van der Waals surface area contributed by atoms with Crippen LogP contribution in [0.25, 0.3) is 0 Å². The Balaban J connectivity index is 2.96. The maximum absolute atomic E-state index is 5.98. The van der Waals surface area contributed by atoms with E-state index in [1.807, 2.05) is 6.26 Å². The summed E-state index contributed by atoms with van der Waals surface area (Å²) in [6.07, 6.45) is 1.93. The first-order chi connectivity index (χ1) is 6.69. The van der Waals surface area contributed by atoms with Gasteiger partial charge in [0.2, 0.25) is 0 Å². The predicted octanol–water partition coefficient (Wildman–Crippen LogP) is 3.75. The fourth-order valence-corrected chi connectivity index (χ4v) is 1.80. The Morgan fingerprint density at radius 1 is 1.36 bits per heavy atom. The second kappa shape index (κ2) is 5.49. The van der Waals surface area contributed by atoms with E-state index in [1.54, 1.807) is 25.2 Å². The normalized spacial score (nSPS) is 11.6. The number of rotatable bonds is 1. The van der Waals surface area contributed by atoms with Crippen molar-refractivity contribution < 1.29 is 0 Å². The average Bonchev–Trinajstić information content (AvgIpc) is 2.18. The Labute approximate surface area is 97.7 Å². The first-order valence-electron chi connectivity index (χ1n) is 3.91. The van der Waals surface area contributed by atoms with Gasteiger partial charge < -0.3 is 5.32 Å². The van der Waals surface area contributed by atoms with E-state index in [4.69, 9.17) is 23.2 Å². The third-order valence-electron chi connectivity index (χ3n) is 1.59. The van der Waals surface area contributed by atoms with Crippen LogP contribution in [0.15, 0.2) is 23.2 Å². The van der Waals surface area contributed by atoms with E-state index in [2.05, 4.69) is 10.3 Å². The number of anilines is 1. The fourth-order valence-electron chi connectivity index (χ4n) is 0.922. The number of aliphatic imine (C=N–C) groups is 1. The summed E-state index contributed by atoms with van der Waals surface area (Å²) in [5, 5.41) is 5.02. The van der Waals surface area contributed by atoms with Crippen LogP contribution >= 0.6 is 35.0 Å². The van der Waals surface area contributed by atoms with Crippen LogP contribution in [-0.4, -0.2) is 18.5 Å². The molecule has 1 aromatic rings. The molecule has 0 aromatic heterocycles. The van der Waals surface area contributed by atoms with Gasteiger partial charge in [0, 0.05) is 7.05 Å². The van der Waals surface area contributed by atoms with Gasteiger partial charge in [-0.15, -0.1) is 0 Å². The van der Waals surface area contributed by atoms with Crippen molar-refractivity contribution in [1.29, 1.82) is 0 Å². The summed E-state index contributed by atoms with van der Waals surface area (Å²) in [5.41, 5.74) is 0.700. The molecule has 0 amide bonds. The second-order valence-corrected chi connectivity index (χ2v) is 4.06. The lowest BCUT2D eigenvalue weighted by Gasteiger charge is -2.09. The summed E-state index contributed by atoms with van der Waals surface area (Å²) in [5.74, 6) is 0. The number of nitrogens with zero attached hydrogens (tertiary/aromatic N) is 1. The van der Waals surface area contributed by atoms with Crippen LogP contribution in [0.5, 0.6) is 0 Å². The van der Waals surface area contributed by atoms with Gasteiger partial charge in [-0.25, -0.2) is 0 Å². The molecule has 1 aromatic carbocycles. The number of para-hydroxylation sites is 1. The van der Waals surface area contributed by atoms with E-state index < -0.39 is 0 Å². The van der Waals surface area contributed by atoms with Crippen LogP contribution in [0, 0.1) is 0 Å². The standard InChI is InChI=1S/C9H10Cl2N2S/c1-12-9(14-2)13-8-6(10)4-3-5-7(8)11/h3-5H,1-2H3,(H,12,13). The summed E-state index contributed by atoms with van der Waals surface area (Å²) in [6, 6.07) is 5.37.